The smallest absolute Gasteiger partial charge is 0.395 e. The summed E-state index contributed by atoms with van der Waals surface area (Å²) in [7, 11) is 0. The lowest BCUT2D eigenvalue weighted by molar-refractivity contribution is -0.256. The number of nitrogens with zero attached hydrogens (tertiary/aromatic N) is 3. The molecule has 214 valence electrons. The van der Waals surface area contributed by atoms with Gasteiger partial charge in [0.05, 0.1) is 23.5 Å². The number of alkyl halides is 4. The Hall–Kier alpha value is -2.46. The van der Waals surface area contributed by atoms with Gasteiger partial charge in [0.1, 0.15) is 6.17 Å². The molecule has 1 amide bonds. The molecular weight excluding hydrogens is 514 g/mol. The standard InChI is InChI=1S/C29H37F4N3O3/c1-27(26(38)36-14-8-23(37)17-36)11-5-21(15-24(27)30)22-3-4-25(34-16-22)39-18-20-6-12-35(13-7-20)19-28(9-2-10-28)29(31,32)33/h3-5,11,15-16,20,23-24,37H,2,6-10,12-14,17-19H2,1H3/t23-,24?,27?/m1/s1. The molecule has 39 heavy (non-hydrogen) atoms. The lowest BCUT2D eigenvalue weighted by Gasteiger charge is -2.47. The lowest BCUT2D eigenvalue weighted by Crippen LogP contribution is -2.53. The first kappa shape index (κ1) is 28.1. The van der Waals surface area contributed by atoms with Gasteiger partial charge in [0, 0.05) is 37.5 Å². The van der Waals surface area contributed by atoms with Crippen LogP contribution in [0.2, 0.25) is 0 Å². The highest BCUT2D eigenvalue weighted by atomic mass is 19.4. The number of hydrogen-bond acceptors (Lipinski definition) is 5. The van der Waals surface area contributed by atoms with E-state index in [-0.39, 0.29) is 37.8 Å². The summed E-state index contributed by atoms with van der Waals surface area (Å²) in [5.41, 5.74) is -1.50. The van der Waals surface area contributed by atoms with Gasteiger partial charge in [0.25, 0.3) is 0 Å². The number of carbonyl (C=O) groups excluding carboxylic acids is 1. The number of likely N-dealkylation sites (tertiary alicyclic amines) is 2. The van der Waals surface area contributed by atoms with Crippen molar-refractivity contribution in [1.29, 1.82) is 0 Å². The molecule has 0 spiro atoms. The second-order valence-corrected chi connectivity index (χ2v) is 11.9. The van der Waals surface area contributed by atoms with Crippen molar-refractivity contribution in [2.75, 3.05) is 39.3 Å². The van der Waals surface area contributed by atoms with Crippen molar-refractivity contribution in [1.82, 2.24) is 14.8 Å². The number of aliphatic hydroxyl groups excluding tert-OH is 1. The maximum atomic E-state index is 15.2. The minimum atomic E-state index is -4.13. The zero-order valence-corrected chi connectivity index (χ0v) is 22.3. The number of aliphatic hydroxyl groups is 1. The van der Waals surface area contributed by atoms with Crippen molar-refractivity contribution in [3.05, 3.63) is 42.1 Å². The fourth-order valence-electron chi connectivity index (χ4n) is 6.10. The summed E-state index contributed by atoms with van der Waals surface area (Å²) in [5.74, 6) is 0.374. The maximum Gasteiger partial charge on any atom is 0.395 e. The van der Waals surface area contributed by atoms with Crippen LogP contribution in [0.1, 0.15) is 51.0 Å². The molecule has 5 rings (SSSR count). The topological polar surface area (TPSA) is 65.9 Å². The van der Waals surface area contributed by atoms with Crippen LogP contribution in [0.5, 0.6) is 5.88 Å². The van der Waals surface area contributed by atoms with Crippen molar-refractivity contribution in [3.8, 4) is 5.88 Å². The summed E-state index contributed by atoms with van der Waals surface area (Å²) in [6.07, 6.45) is 3.37. The van der Waals surface area contributed by atoms with E-state index in [2.05, 4.69) is 4.98 Å². The minimum Gasteiger partial charge on any atom is -0.477 e. The predicted molar refractivity (Wildman–Crippen MR) is 139 cm³/mol. The molecule has 2 saturated heterocycles. The molecule has 0 radical (unpaired) electrons. The molecule has 2 unspecified atom stereocenters. The molecule has 6 nitrogen and oxygen atoms in total. The summed E-state index contributed by atoms with van der Waals surface area (Å²) in [5, 5.41) is 9.73. The van der Waals surface area contributed by atoms with E-state index in [0.29, 0.717) is 56.1 Å². The first-order chi connectivity index (χ1) is 18.5. The zero-order valence-electron chi connectivity index (χ0n) is 22.3. The van der Waals surface area contributed by atoms with E-state index < -0.39 is 29.3 Å². The molecule has 0 bridgehead atoms. The van der Waals surface area contributed by atoms with Crippen LogP contribution >= 0.6 is 0 Å². The Balaban J connectivity index is 1.10. The number of rotatable bonds is 7. The SMILES string of the molecule is CC1(C(=O)N2CC[C@@H](O)C2)C=CC(c2ccc(OCC3CCN(CC4(C(F)(F)F)CCC4)CC3)nc2)=CC1F. The van der Waals surface area contributed by atoms with E-state index in [1.165, 1.54) is 11.0 Å². The van der Waals surface area contributed by atoms with Crippen LogP contribution in [-0.2, 0) is 4.79 Å². The van der Waals surface area contributed by atoms with E-state index in [4.69, 9.17) is 4.74 Å². The molecule has 0 aromatic carbocycles. The van der Waals surface area contributed by atoms with Gasteiger partial charge in [-0.2, -0.15) is 13.2 Å². The fraction of sp³-hybridized carbons (Fsp3) is 0.655. The van der Waals surface area contributed by atoms with E-state index >= 15 is 4.39 Å². The predicted octanol–water partition coefficient (Wildman–Crippen LogP) is 4.80. The van der Waals surface area contributed by atoms with Crippen molar-refractivity contribution in [2.24, 2.45) is 16.7 Å². The molecule has 10 heteroatoms. The molecule has 1 aromatic rings. The fourth-order valence-corrected chi connectivity index (χ4v) is 6.10. The summed E-state index contributed by atoms with van der Waals surface area (Å²) >= 11 is 0. The summed E-state index contributed by atoms with van der Waals surface area (Å²) in [4.78, 5) is 20.7. The summed E-state index contributed by atoms with van der Waals surface area (Å²) < 4.78 is 61.6. The van der Waals surface area contributed by atoms with Gasteiger partial charge < -0.3 is 19.6 Å². The average molecular weight is 552 g/mol. The van der Waals surface area contributed by atoms with Gasteiger partial charge in [-0.05, 0) is 75.8 Å². The highest BCUT2D eigenvalue weighted by molar-refractivity contribution is 5.89. The van der Waals surface area contributed by atoms with Gasteiger partial charge in [-0.15, -0.1) is 0 Å². The van der Waals surface area contributed by atoms with Gasteiger partial charge in [0.15, 0.2) is 0 Å². The number of ether oxygens (including phenoxy) is 1. The summed E-state index contributed by atoms with van der Waals surface area (Å²) in [6.45, 7) is 4.07. The molecule has 4 aliphatic rings. The van der Waals surface area contributed by atoms with Gasteiger partial charge in [-0.1, -0.05) is 18.6 Å². The largest absolute Gasteiger partial charge is 0.477 e. The van der Waals surface area contributed by atoms with Crippen molar-refractivity contribution < 1.29 is 32.2 Å². The van der Waals surface area contributed by atoms with Gasteiger partial charge in [-0.3, -0.25) is 4.79 Å². The van der Waals surface area contributed by atoms with Crippen LogP contribution in [0, 0.1) is 16.7 Å². The Morgan fingerprint density at radius 3 is 2.46 bits per heavy atom. The minimum absolute atomic E-state index is 0.103. The number of β-amino-alcohol motifs (C(OH)–C–C–N with tert-alkyl or cyclic N) is 1. The van der Waals surface area contributed by atoms with Gasteiger partial charge in [-0.25, -0.2) is 9.37 Å². The second kappa shape index (κ2) is 10.8. The van der Waals surface area contributed by atoms with Crippen LogP contribution in [-0.4, -0.2) is 83.6 Å². The average Bonchev–Trinajstić information content (AvgIpc) is 3.32. The molecule has 2 aliphatic carbocycles. The van der Waals surface area contributed by atoms with E-state index in [9.17, 15) is 23.1 Å². The molecule has 2 aliphatic heterocycles. The first-order valence-electron chi connectivity index (χ1n) is 13.9. The Labute approximate surface area is 226 Å². The first-order valence-corrected chi connectivity index (χ1v) is 13.9. The molecule has 1 N–H and O–H groups in total. The van der Waals surface area contributed by atoms with Crippen LogP contribution in [0.3, 0.4) is 0 Å². The van der Waals surface area contributed by atoms with Gasteiger partial charge in [0.2, 0.25) is 11.8 Å². The Morgan fingerprint density at radius 2 is 1.92 bits per heavy atom. The van der Waals surface area contributed by atoms with E-state index in [1.807, 2.05) is 4.90 Å². The second-order valence-electron chi connectivity index (χ2n) is 11.9. The summed E-state index contributed by atoms with van der Waals surface area (Å²) in [6, 6.07) is 3.52. The maximum absolute atomic E-state index is 15.2. The number of piperidine rings is 1. The normalized spacial score (nSPS) is 29.7. The number of hydrogen-bond donors (Lipinski definition) is 1. The van der Waals surface area contributed by atoms with Crippen LogP contribution in [0.15, 0.2) is 36.6 Å². The Bertz CT molecular complexity index is 1090. The monoisotopic (exact) mass is 551 g/mol. The molecule has 3 heterocycles. The van der Waals surface area contributed by atoms with Crippen LogP contribution < -0.4 is 4.74 Å². The molecule has 1 aromatic heterocycles. The number of amides is 1. The van der Waals surface area contributed by atoms with Gasteiger partial charge >= 0.3 is 6.18 Å². The highest BCUT2D eigenvalue weighted by Gasteiger charge is 2.58. The van der Waals surface area contributed by atoms with Crippen molar-refractivity contribution in [3.63, 3.8) is 0 Å². The van der Waals surface area contributed by atoms with E-state index in [1.54, 1.807) is 37.4 Å². The number of carbonyl (C=O) groups is 1. The van der Waals surface area contributed by atoms with E-state index in [0.717, 1.165) is 12.8 Å². The Morgan fingerprint density at radius 1 is 1.18 bits per heavy atom. The van der Waals surface area contributed by atoms with Crippen LogP contribution in [0.25, 0.3) is 5.57 Å². The third-order valence-corrected chi connectivity index (χ3v) is 9.10. The zero-order chi connectivity index (χ0) is 27.8. The lowest BCUT2D eigenvalue weighted by atomic mass is 9.67. The third-order valence-electron chi connectivity index (χ3n) is 9.10. The van der Waals surface area contributed by atoms with Crippen LogP contribution in [0.4, 0.5) is 17.6 Å². The number of pyridine rings is 1. The molecule has 3 atom stereocenters. The van der Waals surface area contributed by atoms with Crippen molar-refractivity contribution >= 4 is 11.5 Å². The number of aromatic nitrogens is 1. The molecule has 1 saturated carbocycles. The number of halogens is 4. The quantitative estimate of drug-likeness (QED) is 0.494. The third kappa shape index (κ3) is 5.73. The Kier molecular flexibility index (Phi) is 7.81. The highest BCUT2D eigenvalue weighted by Crippen LogP contribution is 2.53. The molecule has 3 fully saturated rings. The number of allylic oxidation sites excluding steroid dienone is 3. The molecular formula is C29H37F4N3O3. The van der Waals surface area contributed by atoms with Crippen molar-refractivity contribution in [2.45, 2.75) is 63.9 Å².